The van der Waals surface area contributed by atoms with E-state index in [1.807, 2.05) is 38.1 Å². The fourth-order valence-corrected chi connectivity index (χ4v) is 1.96. The molecule has 0 unspecified atom stereocenters. The van der Waals surface area contributed by atoms with Crippen LogP contribution < -0.4 is 11.1 Å². The van der Waals surface area contributed by atoms with Crippen LogP contribution in [0.3, 0.4) is 0 Å². The summed E-state index contributed by atoms with van der Waals surface area (Å²) in [5, 5.41) is 2.82. The Bertz CT molecular complexity index is 564. The van der Waals surface area contributed by atoms with E-state index >= 15 is 0 Å². The zero-order chi connectivity index (χ0) is 14.5. The van der Waals surface area contributed by atoms with Crippen molar-refractivity contribution in [3.05, 3.63) is 36.9 Å². The van der Waals surface area contributed by atoms with Crippen LogP contribution in [0.25, 0.3) is 11.3 Å². The summed E-state index contributed by atoms with van der Waals surface area (Å²) in [7, 11) is 0. The van der Waals surface area contributed by atoms with Gasteiger partial charge in [-0.2, -0.15) is 0 Å². The van der Waals surface area contributed by atoms with Gasteiger partial charge < -0.3 is 15.5 Å². The van der Waals surface area contributed by atoms with E-state index in [0.29, 0.717) is 23.8 Å². The molecule has 1 amide bonds. The molecular weight excluding hydrogens is 254 g/mol. The first-order valence-electron chi connectivity index (χ1n) is 6.61. The van der Waals surface area contributed by atoms with E-state index < -0.39 is 6.04 Å². The lowest BCUT2D eigenvalue weighted by atomic mass is 10.0. The fraction of sp³-hybridized carbons (Fsp3) is 0.333. The molecule has 0 radical (unpaired) electrons. The van der Waals surface area contributed by atoms with Gasteiger partial charge in [0, 0.05) is 11.3 Å². The molecule has 0 saturated heterocycles. The fourth-order valence-electron chi connectivity index (χ4n) is 1.96. The Labute approximate surface area is 118 Å². The van der Waals surface area contributed by atoms with E-state index in [0.717, 1.165) is 5.56 Å². The van der Waals surface area contributed by atoms with Crippen LogP contribution in [0.15, 0.2) is 41.3 Å². The summed E-state index contributed by atoms with van der Waals surface area (Å²) >= 11 is 0. The first-order valence-corrected chi connectivity index (χ1v) is 6.61. The van der Waals surface area contributed by atoms with Crippen LogP contribution in [-0.4, -0.2) is 16.9 Å². The maximum atomic E-state index is 12.0. The van der Waals surface area contributed by atoms with Gasteiger partial charge >= 0.3 is 0 Å². The summed E-state index contributed by atoms with van der Waals surface area (Å²) in [5.41, 5.74) is 7.41. The molecule has 0 spiro atoms. The number of hydrogen-bond donors (Lipinski definition) is 2. The van der Waals surface area contributed by atoms with Crippen molar-refractivity contribution in [2.45, 2.75) is 26.3 Å². The Morgan fingerprint density at radius 1 is 1.45 bits per heavy atom. The number of hydrogen-bond acceptors (Lipinski definition) is 4. The Morgan fingerprint density at radius 2 is 2.25 bits per heavy atom. The second kappa shape index (κ2) is 6.34. The van der Waals surface area contributed by atoms with Crippen molar-refractivity contribution in [3.8, 4) is 11.3 Å². The first-order chi connectivity index (χ1) is 9.56. The molecule has 106 valence electrons. The van der Waals surface area contributed by atoms with Crippen molar-refractivity contribution in [2.24, 2.45) is 11.7 Å². The average molecular weight is 273 g/mol. The van der Waals surface area contributed by atoms with Gasteiger partial charge in [0.25, 0.3) is 0 Å². The summed E-state index contributed by atoms with van der Waals surface area (Å²) in [4.78, 5) is 15.8. The number of carbonyl (C=O) groups excluding carboxylic acids is 1. The molecule has 1 aromatic heterocycles. The van der Waals surface area contributed by atoms with Crippen LogP contribution in [0, 0.1) is 5.92 Å². The van der Waals surface area contributed by atoms with E-state index in [1.165, 1.54) is 6.39 Å². The molecule has 5 nitrogen and oxygen atoms in total. The summed E-state index contributed by atoms with van der Waals surface area (Å²) in [5.74, 6) is 0.872. The van der Waals surface area contributed by atoms with Crippen LogP contribution >= 0.6 is 0 Å². The maximum absolute atomic E-state index is 12.0. The van der Waals surface area contributed by atoms with Gasteiger partial charge in [-0.25, -0.2) is 4.98 Å². The van der Waals surface area contributed by atoms with Crippen LogP contribution in [0.4, 0.5) is 5.69 Å². The Morgan fingerprint density at radius 3 is 2.90 bits per heavy atom. The summed E-state index contributed by atoms with van der Waals surface area (Å²) in [6.45, 7) is 4.08. The molecule has 1 aromatic carbocycles. The van der Waals surface area contributed by atoms with Crippen LogP contribution in [-0.2, 0) is 4.79 Å². The molecule has 3 N–H and O–H groups in total. The van der Waals surface area contributed by atoms with Gasteiger partial charge in [-0.15, -0.1) is 0 Å². The third-order valence-corrected chi connectivity index (χ3v) is 2.91. The van der Waals surface area contributed by atoms with Crippen molar-refractivity contribution in [1.29, 1.82) is 0 Å². The van der Waals surface area contributed by atoms with E-state index in [1.54, 1.807) is 6.20 Å². The van der Waals surface area contributed by atoms with Crippen molar-refractivity contribution in [2.75, 3.05) is 5.32 Å². The first kappa shape index (κ1) is 14.3. The van der Waals surface area contributed by atoms with E-state index in [9.17, 15) is 4.79 Å². The van der Waals surface area contributed by atoms with Gasteiger partial charge in [-0.1, -0.05) is 26.0 Å². The molecule has 1 heterocycles. The topological polar surface area (TPSA) is 81.2 Å². The monoisotopic (exact) mass is 273 g/mol. The predicted molar refractivity (Wildman–Crippen MR) is 78.0 cm³/mol. The normalized spacial score (nSPS) is 12.4. The standard InChI is InChI=1S/C15H19N3O2/c1-10(2)6-13(16)15(19)18-12-5-3-4-11(7-12)14-8-17-9-20-14/h3-5,7-10,13H,6,16H2,1-2H3,(H,18,19)/t13-/m1/s1. The van der Waals surface area contributed by atoms with Gasteiger partial charge in [-0.05, 0) is 24.5 Å². The van der Waals surface area contributed by atoms with Gasteiger partial charge in [0.2, 0.25) is 5.91 Å². The number of anilines is 1. The number of carbonyl (C=O) groups is 1. The lowest BCUT2D eigenvalue weighted by Crippen LogP contribution is -2.36. The number of rotatable bonds is 5. The number of nitrogens with zero attached hydrogens (tertiary/aromatic N) is 1. The van der Waals surface area contributed by atoms with Gasteiger partial charge in [0.15, 0.2) is 12.2 Å². The van der Waals surface area contributed by atoms with Gasteiger partial charge in [0.1, 0.15) is 0 Å². The minimum atomic E-state index is -0.496. The Kier molecular flexibility index (Phi) is 4.53. The highest BCUT2D eigenvalue weighted by Gasteiger charge is 2.15. The second-order valence-electron chi connectivity index (χ2n) is 5.17. The number of amides is 1. The summed E-state index contributed by atoms with van der Waals surface area (Å²) in [6.07, 6.45) is 3.66. The minimum Gasteiger partial charge on any atom is -0.444 e. The number of oxazole rings is 1. The maximum Gasteiger partial charge on any atom is 0.241 e. The molecule has 0 bridgehead atoms. The van der Waals surface area contributed by atoms with Gasteiger partial charge in [-0.3, -0.25) is 4.79 Å². The van der Waals surface area contributed by atoms with Crippen molar-refractivity contribution in [1.82, 2.24) is 4.98 Å². The molecule has 1 atom stereocenters. The number of benzene rings is 1. The largest absolute Gasteiger partial charge is 0.444 e. The number of nitrogens with two attached hydrogens (primary N) is 1. The zero-order valence-electron chi connectivity index (χ0n) is 11.7. The highest BCUT2D eigenvalue weighted by atomic mass is 16.3. The molecular formula is C15H19N3O2. The van der Waals surface area contributed by atoms with E-state index in [4.69, 9.17) is 10.2 Å². The van der Waals surface area contributed by atoms with E-state index in [2.05, 4.69) is 10.3 Å². The third kappa shape index (κ3) is 3.68. The number of nitrogens with one attached hydrogen (secondary N) is 1. The average Bonchev–Trinajstić information content (AvgIpc) is 2.92. The van der Waals surface area contributed by atoms with Crippen molar-refractivity contribution < 1.29 is 9.21 Å². The highest BCUT2D eigenvalue weighted by molar-refractivity contribution is 5.95. The Balaban J connectivity index is 2.07. The van der Waals surface area contributed by atoms with Crippen LogP contribution in [0.5, 0.6) is 0 Å². The van der Waals surface area contributed by atoms with Crippen LogP contribution in [0.1, 0.15) is 20.3 Å². The predicted octanol–water partition coefficient (Wildman–Crippen LogP) is 2.65. The molecule has 0 aliphatic rings. The quantitative estimate of drug-likeness (QED) is 0.877. The second-order valence-corrected chi connectivity index (χ2v) is 5.17. The molecule has 20 heavy (non-hydrogen) atoms. The molecule has 0 saturated carbocycles. The summed E-state index contributed by atoms with van der Waals surface area (Å²) < 4.78 is 5.23. The SMILES string of the molecule is CC(C)C[C@@H](N)C(=O)Nc1cccc(-c2cnco2)c1. The number of aromatic nitrogens is 1. The molecule has 0 aliphatic heterocycles. The summed E-state index contributed by atoms with van der Waals surface area (Å²) in [6, 6.07) is 6.90. The molecule has 5 heteroatoms. The smallest absolute Gasteiger partial charge is 0.241 e. The van der Waals surface area contributed by atoms with Crippen molar-refractivity contribution >= 4 is 11.6 Å². The Hall–Kier alpha value is -2.14. The molecule has 0 aliphatic carbocycles. The minimum absolute atomic E-state index is 0.173. The third-order valence-electron chi connectivity index (χ3n) is 2.91. The zero-order valence-corrected chi connectivity index (χ0v) is 11.7. The molecule has 0 fully saturated rings. The van der Waals surface area contributed by atoms with E-state index in [-0.39, 0.29) is 5.91 Å². The highest BCUT2D eigenvalue weighted by Crippen LogP contribution is 2.22. The van der Waals surface area contributed by atoms with Crippen LogP contribution in [0.2, 0.25) is 0 Å². The van der Waals surface area contributed by atoms with Gasteiger partial charge in [0.05, 0.1) is 12.2 Å². The van der Waals surface area contributed by atoms with Crippen molar-refractivity contribution in [3.63, 3.8) is 0 Å². The molecule has 2 rings (SSSR count). The lowest BCUT2D eigenvalue weighted by molar-refractivity contribution is -0.117. The molecule has 2 aromatic rings. The lowest BCUT2D eigenvalue weighted by Gasteiger charge is -2.14.